The van der Waals surface area contributed by atoms with Crippen molar-refractivity contribution < 1.29 is 53.1 Å². The van der Waals surface area contributed by atoms with Crippen molar-refractivity contribution in [2.75, 3.05) is 45.9 Å². The number of oxime groups is 1. The van der Waals surface area contributed by atoms with Crippen molar-refractivity contribution in [1.29, 1.82) is 0 Å². The van der Waals surface area contributed by atoms with E-state index in [2.05, 4.69) is 18.0 Å². The Morgan fingerprint density at radius 3 is 2.38 bits per heavy atom. The standard InChI is InChI=1S/C51H67N3O11/c1-8-25-54(49(58)61-33-34-17-11-10-12-18-34)45-32-42(53-65-50(3,4)5)39-29-35(19-13-15-26-55)38(20-14-16-27-56)46-40-30-37(22-24-43(40)64-51(45,47(39)46)62-28-9-2)63-48(57)52-41-23-21-36(59-6)31-44(41)60-7/h9-12,17-18,21-24,29-31,35,38,45-47,55-56H,2,8,13-16,19-20,25-28,32-33H2,1,3-7H3,(H,52,57). The Hall–Kier alpha value is -5.57. The molecule has 6 unspecified atom stereocenters. The SMILES string of the molecule is C=CCOC12Oc3ccc(OC(=O)Nc4ccc(OC)cc4OC)cc3C3C(CCCCO)C(CCCCO)C=C(C(=NOC(C)(C)C)CC1N(CCC)C(=O)OCc1ccccc1)C32. The van der Waals surface area contributed by atoms with E-state index in [4.69, 9.17) is 38.4 Å². The van der Waals surface area contributed by atoms with Crippen LogP contribution < -0.4 is 24.3 Å². The molecule has 14 nitrogen and oxygen atoms in total. The van der Waals surface area contributed by atoms with Gasteiger partial charge in [0.05, 0.1) is 38.1 Å². The van der Waals surface area contributed by atoms with Gasteiger partial charge in [-0.1, -0.05) is 67.4 Å². The molecule has 3 aliphatic rings. The third-order valence-corrected chi connectivity index (χ3v) is 12.2. The number of ether oxygens (including phenoxy) is 6. The van der Waals surface area contributed by atoms with E-state index < -0.39 is 35.5 Å². The van der Waals surface area contributed by atoms with Crippen LogP contribution >= 0.6 is 0 Å². The topological polar surface area (TPSA) is 167 Å². The minimum absolute atomic E-state index is 0.00827. The summed E-state index contributed by atoms with van der Waals surface area (Å²) < 4.78 is 37.3. The van der Waals surface area contributed by atoms with Crippen molar-refractivity contribution in [3.05, 3.63) is 102 Å². The lowest BCUT2D eigenvalue weighted by atomic mass is 9.55. The van der Waals surface area contributed by atoms with E-state index in [1.165, 1.54) is 7.11 Å². The largest absolute Gasteiger partial charge is 0.497 e. The predicted molar refractivity (Wildman–Crippen MR) is 249 cm³/mol. The molecule has 6 rings (SSSR count). The van der Waals surface area contributed by atoms with Crippen LogP contribution in [0.2, 0.25) is 0 Å². The van der Waals surface area contributed by atoms with Crippen LogP contribution in [0.1, 0.15) is 96.1 Å². The van der Waals surface area contributed by atoms with Gasteiger partial charge in [-0.05, 0) is 106 Å². The Morgan fingerprint density at radius 1 is 0.969 bits per heavy atom. The van der Waals surface area contributed by atoms with Crippen molar-refractivity contribution in [2.24, 2.45) is 22.9 Å². The van der Waals surface area contributed by atoms with E-state index in [0.717, 1.165) is 42.4 Å². The quantitative estimate of drug-likeness (QED) is 0.0529. The van der Waals surface area contributed by atoms with Crippen LogP contribution in [0.5, 0.6) is 23.0 Å². The number of carbonyl (C=O) groups excluding carboxylic acids is 2. The molecule has 65 heavy (non-hydrogen) atoms. The number of unbranched alkanes of at least 4 members (excludes halogenated alkanes) is 2. The van der Waals surface area contributed by atoms with Crippen molar-refractivity contribution in [3.63, 3.8) is 0 Å². The van der Waals surface area contributed by atoms with Crippen LogP contribution in [0.4, 0.5) is 15.3 Å². The molecule has 2 amide bonds. The summed E-state index contributed by atoms with van der Waals surface area (Å²) in [5.74, 6) is -0.623. The molecular weight excluding hydrogens is 831 g/mol. The van der Waals surface area contributed by atoms with Crippen LogP contribution in [0.3, 0.4) is 0 Å². The van der Waals surface area contributed by atoms with Crippen molar-refractivity contribution >= 4 is 23.6 Å². The summed E-state index contributed by atoms with van der Waals surface area (Å²) in [5.41, 5.74) is 2.99. The molecule has 1 aliphatic heterocycles. The molecule has 1 saturated carbocycles. The molecule has 352 valence electrons. The van der Waals surface area contributed by atoms with E-state index in [0.29, 0.717) is 54.5 Å². The fourth-order valence-electron chi connectivity index (χ4n) is 9.47. The average Bonchev–Trinajstić information content (AvgIpc) is 3.30. The predicted octanol–water partition coefficient (Wildman–Crippen LogP) is 9.80. The van der Waals surface area contributed by atoms with Gasteiger partial charge in [0.2, 0.25) is 5.79 Å². The zero-order chi connectivity index (χ0) is 46.6. The molecular formula is C51H67N3O11. The minimum atomic E-state index is -1.48. The van der Waals surface area contributed by atoms with Crippen molar-refractivity contribution in [1.82, 2.24) is 4.90 Å². The van der Waals surface area contributed by atoms with E-state index in [1.54, 1.807) is 48.4 Å². The van der Waals surface area contributed by atoms with E-state index >= 15 is 0 Å². The number of anilines is 1. The third kappa shape index (κ3) is 11.6. The molecule has 0 bridgehead atoms. The summed E-state index contributed by atoms with van der Waals surface area (Å²) in [7, 11) is 3.05. The summed E-state index contributed by atoms with van der Waals surface area (Å²) in [6, 6.07) is 19.2. The Morgan fingerprint density at radius 2 is 1.71 bits per heavy atom. The lowest BCUT2D eigenvalue weighted by Crippen LogP contribution is -2.70. The number of aliphatic hydroxyl groups is 2. The molecule has 2 aliphatic carbocycles. The van der Waals surface area contributed by atoms with Gasteiger partial charge in [-0.2, -0.15) is 0 Å². The first-order valence-electron chi connectivity index (χ1n) is 22.8. The van der Waals surface area contributed by atoms with Crippen LogP contribution in [-0.2, 0) is 20.9 Å². The fourth-order valence-corrected chi connectivity index (χ4v) is 9.47. The molecule has 3 aromatic carbocycles. The van der Waals surface area contributed by atoms with E-state index in [9.17, 15) is 19.8 Å². The minimum Gasteiger partial charge on any atom is -0.497 e. The van der Waals surface area contributed by atoms with Gasteiger partial charge in [0.1, 0.15) is 41.2 Å². The summed E-state index contributed by atoms with van der Waals surface area (Å²) in [5, 5.41) is 27.6. The van der Waals surface area contributed by atoms with Crippen LogP contribution in [0, 0.1) is 17.8 Å². The Labute approximate surface area is 383 Å². The maximum atomic E-state index is 14.6. The highest BCUT2D eigenvalue weighted by molar-refractivity contribution is 6.03. The van der Waals surface area contributed by atoms with Gasteiger partial charge >= 0.3 is 12.2 Å². The lowest BCUT2D eigenvalue weighted by Gasteiger charge is -2.60. The van der Waals surface area contributed by atoms with Crippen LogP contribution in [0.25, 0.3) is 0 Å². The molecule has 0 radical (unpaired) electrons. The molecule has 3 N–H and O–H groups in total. The van der Waals surface area contributed by atoms with Gasteiger partial charge < -0.3 is 43.5 Å². The molecule has 14 heteroatoms. The van der Waals surface area contributed by atoms with Gasteiger partial charge in [0.15, 0.2) is 0 Å². The average molecular weight is 898 g/mol. The Kier molecular flexibility index (Phi) is 17.0. The molecule has 1 fully saturated rings. The first-order chi connectivity index (χ1) is 31.4. The number of hydrogen-bond donors (Lipinski definition) is 3. The first kappa shape index (κ1) is 48.9. The highest BCUT2D eigenvalue weighted by atomic mass is 16.7. The molecule has 3 aromatic rings. The first-order valence-corrected chi connectivity index (χ1v) is 22.8. The number of allylic oxidation sites excluding steroid dienone is 1. The van der Waals surface area contributed by atoms with Crippen molar-refractivity contribution in [2.45, 2.75) is 109 Å². The van der Waals surface area contributed by atoms with Crippen LogP contribution in [-0.4, -0.2) is 91.0 Å². The van der Waals surface area contributed by atoms with Gasteiger partial charge in [-0.3, -0.25) is 10.2 Å². The summed E-state index contributed by atoms with van der Waals surface area (Å²) in [6.07, 6.45) is 7.87. The highest BCUT2D eigenvalue weighted by Gasteiger charge is 2.65. The van der Waals surface area contributed by atoms with Gasteiger partial charge in [0.25, 0.3) is 0 Å². The van der Waals surface area contributed by atoms with E-state index in [-0.39, 0.29) is 56.4 Å². The number of hydrogen-bond acceptors (Lipinski definition) is 12. The summed E-state index contributed by atoms with van der Waals surface area (Å²) in [4.78, 5) is 36.1. The smallest absolute Gasteiger partial charge is 0.417 e. The zero-order valence-electron chi connectivity index (χ0n) is 38.8. The number of rotatable bonds is 21. The number of nitrogens with one attached hydrogen (secondary N) is 1. The second-order valence-corrected chi connectivity index (χ2v) is 17.8. The highest BCUT2D eigenvalue weighted by Crippen LogP contribution is 2.62. The second-order valence-electron chi connectivity index (χ2n) is 17.8. The number of nitrogens with zero attached hydrogens (tertiary/aromatic N) is 2. The van der Waals surface area contributed by atoms with Crippen molar-refractivity contribution in [3.8, 4) is 23.0 Å². The van der Waals surface area contributed by atoms with Gasteiger partial charge in [-0.25, -0.2) is 9.59 Å². The lowest BCUT2D eigenvalue weighted by molar-refractivity contribution is -0.255. The number of benzene rings is 3. The Balaban J connectivity index is 1.52. The molecule has 0 aromatic heterocycles. The number of carbonyl (C=O) groups is 2. The second kappa shape index (κ2) is 22.6. The van der Waals surface area contributed by atoms with Gasteiger partial charge in [-0.15, -0.1) is 6.58 Å². The molecule has 6 atom stereocenters. The number of amides is 2. The third-order valence-electron chi connectivity index (χ3n) is 12.2. The normalized spacial score (nSPS) is 22.6. The fraction of sp³-hybridized carbons (Fsp3) is 0.510. The van der Waals surface area contributed by atoms with E-state index in [1.807, 2.05) is 64.1 Å². The maximum Gasteiger partial charge on any atom is 0.417 e. The number of fused-ring (bicyclic) bond motifs is 2. The zero-order valence-corrected chi connectivity index (χ0v) is 38.8. The monoisotopic (exact) mass is 897 g/mol. The summed E-state index contributed by atoms with van der Waals surface area (Å²) in [6.45, 7) is 12.5. The number of methoxy groups -OCH3 is 2. The van der Waals surface area contributed by atoms with Crippen LogP contribution in [0.15, 0.2) is 96.2 Å². The number of aliphatic hydroxyl groups excluding tert-OH is 2. The molecule has 0 saturated heterocycles. The molecule has 1 heterocycles. The molecule has 0 spiro atoms. The summed E-state index contributed by atoms with van der Waals surface area (Å²) >= 11 is 0. The maximum absolute atomic E-state index is 14.6. The van der Waals surface area contributed by atoms with Gasteiger partial charge in [0, 0.05) is 43.7 Å². The Bertz CT molecular complexity index is 2140.